The van der Waals surface area contributed by atoms with Crippen LogP contribution < -0.4 is 5.32 Å². The number of carbonyl (C=O) groups excluding carboxylic acids is 3. The molecule has 0 fully saturated rings. The van der Waals surface area contributed by atoms with E-state index in [1.54, 1.807) is 16.8 Å². The third-order valence-electron chi connectivity index (χ3n) is 8.09. The van der Waals surface area contributed by atoms with E-state index in [1.807, 2.05) is 60.1 Å². The molecule has 1 aromatic heterocycles. The highest BCUT2D eigenvalue weighted by atomic mass is 127. The molecule has 0 bridgehead atoms. The molecule has 1 aliphatic carbocycles. The van der Waals surface area contributed by atoms with E-state index in [-0.39, 0.29) is 23.8 Å². The summed E-state index contributed by atoms with van der Waals surface area (Å²) in [6, 6.07) is 0. The van der Waals surface area contributed by atoms with E-state index in [2.05, 4.69) is 58.4 Å². The van der Waals surface area contributed by atoms with Crippen molar-refractivity contribution in [3.05, 3.63) is 23.5 Å². The van der Waals surface area contributed by atoms with E-state index in [0.717, 1.165) is 23.3 Å². The first kappa shape index (κ1) is 37.5. The van der Waals surface area contributed by atoms with Gasteiger partial charge in [0.1, 0.15) is 5.60 Å². The van der Waals surface area contributed by atoms with Crippen LogP contribution in [0.3, 0.4) is 0 Å². The summed E-state index contributed by atoms with van der Waals surface area (Å²) in [6.07, 6.45) is 5.61. The van der Waals surface area contributed by atoms with E-state index < -0.39 is 16.9 Å². The predicted molar refractivity (Wildman–Crippen MR) is 184 cm³/mol. The van der Waals surface area contributed by atoms with Crippen molar-refractivity contribution in [2.75, 3.05) is 47.3 Å². The van der Waals surface area contributed by atoms with Crippen LogP contribution in [0.5, 0.6) is 0 Å². The van der Waals surface area contributed by atoms with Crippen LogP contribution in [-0.4, -0.2) is 95.1 Å². The lowest BCUT2D eigenvalue weighted by molar-refractivity contribution is -0.140. The Bertz CT molecular complexity index is 1150. The maximum absolute atomic E-state index is 13.7. The van der Waals surface area contributed by atoms with E-state index in [0.29, 0.717) is 51.4 Å². The fraction of sp³-hybridized carbons (Fsp3) is 0.742. The van der Waals surface area contributed by atoms with Gasteiger partial charge in [0.15, 0.2) is 0 Å². The van der Waals surface area contributed by atoms with Crippen LogP contribution in [-0.2, 0) is 20.9 Å². The molecule has 244 valence electrons. The number of rotatable bonds is 13. The van der Waals surface area contributed by atoms with Crippen molar-refractivity contribution in [2.45, 2.75) is 80.4 Å². The number of hydrogen-bond donors (Lipinski definition) is 1. The van der Waals surface area contributed by atoms with Crippen molar-refractivity contribution in [2.24, 2.45) is 23.2 Å². The topological polar surface area (TPSA) is 100 Å². The summed E-state index contributed by atoms with van der Waals surface area (Å²) in [4.78, 5) is 45.2. The Balaban J connectivity index is 2.38. The van der Waals surface area contributed by atoms with Crippen molar-refractivity contribution in [1.29, 1.82) is 0 Å². The maximum Gasteiger partial charge on any atom is 0.410 e. The Morgan fingerprint density at radius 2 is 1.84 bits per heavy atom. The third-order valence-corrected chi connectivity index (χ3v) is 9.97. The molecule has 43 heavy (non-hydrogen) atoms. The lowest BCUT2D eigenvalue weighted by atomic mass is 9.62. The molecule has 12 heteroatoms. The number of nitrogens with one attached hydrogen (secondary N) is 1. The summed E-state index contributed by atoms with van der Waals surface area (Å²) in [6.45, 7) is 18.9. The maximum atomic E-state index is 13.7. The van der Waals surface area contributed by atoms with Crippen LogP contribution in [0.4, 0.5) is 4.79 Å². The molecule has 0 saturated heterocycles. The lowest BCUT2D eigenvalue weighted by Gasteiger charge is -2.43. The Morgan fingerprint density at radius 3 is 2.40 bits per heavy atom. The van der Waals surface area contributed by atoms with Gasteiger partial charge in [-0.25, -0.2) is 9.25 Å². The van der Waals surface area contributed by atoms with E-state index >= 15 is 0 Å². The van der Waals surface area contributed by atoms with Crippen LogP contribution in [0.2, 0.25) is 0 Å². The third kappa shape index (κ3) is 10.7. The van der Waals surface area contributed by atoms with Crippen LogP contribution >= 0.6 is 28.4 Å². The second kappa shape index (κ2) is 16.0. The molecule has 10 nitrogen and oxygen atoms in total. The molecule has 3 unspecified atom stereocenters. The largest absolute Gasteiger partial charge is 0.444 e. The second-order valence-electron chi connectivity index (χ2n) is 13.7. The van der Waals surface area contributed by atoms with Gasteiger partial charge in [0.25, 0.3) is 0 Å². The van der Waals surface area contributed by atoms with Crippen LogP contribution in [0.25, 0.3) is 5.57 Å². The lowest BCUT2D eigenvalue weighted by Crippen LogP contribution is -2.49. The van der Waals surface area contributed by atoms with Gasteiger partial charge in [-0.3, -0.25) is 9.59 Å². The molecule has 3 amide bonds. The van der Waals surface area contributed by atoms with Gasteiger partial charge in [-0.2, -0.15) is 5.10 Å². The van der Waals surface area contributed by atoms with Gasteiger partial charge in [0.05, 0.1) is 18.0 Å². The average Bonchev–Trinajstić information content (AvgIpc) is 3.31. The average molecular weight is 733 g/mol. The molecular weight excluding hydrogens is 678 g/mol. The fourth-order valence-electron chi connectivity index (χ4n) is 5.14. The number of hydrogen-bond acceptors (Lipinski definition) is 6. The molecule has 0 aromatic carbocycles. The van der Waals surface area contributed by atoms with Crippen molar-refractivity contribution in [1.82, 2.24) is 29.6 Å². The molecule has 0 saturated carbocycles. The smallest absolute Gasteiger partial charge is 0.410 e. The van der Waals surface area contributed by atoms with E-state index in [4.69, 9.17) is 9.84 Å². The van der Waals surface area contributed by atoms with Crippen LogP contribution in [0.1, 0.15) is 79.5 Å². The van der Waals surface area contributed by atoms with Gasteiger partial charge in [-0.05, 0) is 86.5 Å². The highest BCUT2D eigenvalue weighted by Crippen LogP contribution is 2.48. The normalized spacial score (nSPS) is 18.7. The number of likely N-dealkylation sites (N-methyl/N-ethyl adjacent to an activating group) is 2. The number of aromatic nitrogens is 2. The van der Waals surface area contributed by atoms with Crippen molar-refractivity contribution in [3.63, 3.8) is 0 Å². The van der Waals surface area contributed by atoms with Gasteiger partial charge in [-0.1, -0.05) is 33.8 Å². The summed E-state index contributed by atoms with van der Waals surface area (Å²) in [5.74, 6) is -0.332. The van der Waals surface area contributed by atoms with E-state index in [1.165, 1.54) is 0 Å². The number of allylic oxidation sites excluding steroid dienone is 1. The first-order valence-electron chi connectivity index (χ1n) is 15.2. The molecule has 0 aliphatic heterocycles. The van der Waals surface area contributed by atoms with Gasteiger partial charge in [0, 0.05) is 64.5 Å². The SMILES string of the molecule is CCN(C)C(=O)C1C=C(c2nn(PI)cc2CN(C)CCN(C)C(=O)OC(C)(C)C)CC(C(=O)NCCC(C)C)C1(C)C. The molecule has 0 spiro atoms. The van der Waals surface area contributed by atoms with E-state index in [9.17, 15) is 14.4 Å². The minimum Gasteiger partial charge on any atom is -0.444 e. The monoisotopic (exact) mass is 732 g/mol. The second-order valence-corrected chi connectivity index (χ2v) is 15.8. The molecule has 2 rings (SSSR count). The minimum absolute atomic E-state index is 0.00718. The van der Waals surface area contributed by atoms with Crippen LogP contribution in [0.15, 0.2) is 12.3 Å². The molecule has 3 atom stereocenters. The summed E-state index contributed by atoms with van der Waals surface area (Å²) in [5.41, 5.74) is 1.70. The number of ether oxygens (including phenoxy) is 1. The fourth-order valence-corrected chi connectivity index (χ4v) is 6.22. The molecular formula is C31H54IN6O4P. The Morgan fingerprint density at radius 1 is 1.19 bits per heavy atom. The molecule has 0 radical (unpaired) electrons. The van der Waals surface area contributed by atoms with Gasteiger partial charge < -0.3 is 24.8 Å². The Hall–Kier alpha value is -1.72. The predicted octanol–water partition coefficient (Wildman–Crippen LogP) is 5.66. The Labute approximate surface area is 274 Å². The first-order chi connectivity index (χ1) is 19.9. The van der Waals surface area contributed by atoms with Gasteiger partial charge in [0.2, 0.25) is 11.8 Å². The molecule has 1 aromatic rings. The first-order valence-corrected chi connectivity index (χ1v) is 19.3. The minimum atomic E-state index is -0.567. The van der Waals surface area contributed by atoms with Crippen LogP contribution in [0, 0.1) is 23.2 Å². The standard InChI is InChI=1S/C31H54IN6O4P/c1-12-36(10)28(40)25-18-22(17-24(31(25,7)8)27(39)33-14-13-21(2)3)26-23(20-38(34-26)43-32)19-35(9)15-16-37(11)29(41)42-30(4,5)6/h18,20-21,24-25,43H,12-17,19H2,1-11H3,(H,33,39). The zero-order valence-corrected chi connectivity index (χ0v) is 31.2. The van der Waals surface area contributed by atoms with Crippen molar-refractivity contribution >= 4 is 51.9 Å². The molecule has 1 aliphatic rings. The highest BCUT2D eigenvalue weighted by Gasteiger charge is 2.48. The van der Waals surface area contributed by atoms with Gasteiger partial charge in [-0.15, -0.1) is 0 Å². The van der Waals surface area contributed by atoms with Crippen molar-refractivity contribution in [3.8, 4) is 0 Å². The zero-order chi connectivity index (χ0) is 32.7. The molecule has 1 N–H and O–H groups in total. The highest BCUT2D eigenvalue weighted by molar-refractivity contribution is 14.2. The number of carbonyl (C=O) groups is 3. The van der Waals surface area contributed by atoms with Crippen molar-refractivity contribution < 1.29 is 19.1 Å². The number of halogens is 1. The quantitative estimate of drug-likeness (QED) is 0.208. The summed E-state index contributed by atoms with van der Waals surface area (Å²) < 4.78 is 7.42. The number of nitrogens with zero attached hydrogens (tertiary/aromatic N) is 5. The number of amides is 3. The van der Waals surface area contributed by atoms with Gasteiger partial charge >= 0.3 is 6.09 Å². The summed E-state index contributed by atoms with van der Waals surface area (Å²) >= 11 is 2.31. The molecule has 1 heterocycles. The Kier molecular flexibility index (Phi) is 14.0. The summed E-state index contributed by atoms with van der Waals surface area (Å²) in [5, 5.41) is 8.10. The zero-order valence-electron chi connectivity index (χ0n) is 28.1. The summed E-state index contributed by atoms with van der Waals surface area (Å²) in [7, 11) is 5.58.